The van der Waals surface area contributed by atoms with E-state index in [1.807, 2.05) is 39.0 Å². The molecule has 1 atom stereocenters. The molecule has 0 aliphatic carbocycles. The van der Waals surface area contributed by atoms with E-state index in [1.165, 1.54) is 0 Å². The third-order valence-electron chi connectivity index (χ3n) is 3.42. The van der Waals surface area contributed by atoms with Gasteiger partial charge >= 0.3 is 6.09 Å². The average molecular weight is 334 g/mol. The van der Waals surface area contributed by atoms with Crippen LogP contribution in [0.3, 0.4) is 0 Å². The lowest BCUT2D eigenvalue weighted by atomic mass is 10.1. The largest absolute Gasteiger partial charge is 0.497 e. The summed E-state index contributed by atoms with van der Waals surface area (Å²) >= 11 is 0. The van der Waals surface area contributed by atoms with Crippen molar-refractivity contribution >= 4 is 17.1 Å². The van der Waals surface area contributed by atoms with E-state index in [2.05, 4.69) is 15.3 Å². The molecule has 0 aliphatic rings. The normalized spacial score (nSPS) is 12.9. The second-order valence-electron chi connectivity index (χ2n) is 6.68. The number of amides is 1. The van der Waals surface area contributed by atoms with Crippen molar-refractivity contribution in [1.82, 2.24) is 15.3 Å². The van der Waals surface area contributed by atoms with Crippen LogP contribution in [0.2, 0.25) is 0 Å². The topological polar surface area (TPSA) is 102 Å². The van der Waals surface area contributed by atoms with Gasteiger partial charge in [-0.3, -0.25) is 0 Å². The third-order valence-corrected chi connectivity index (χ3v) is 3.42. The highest BCUT2D eigenvalue weighted by Gasteiger charge is 2.16. The average Bonchev–Trinajstić information content (AvgIpc) is 2.92. The Kier molecular flexibility index (Phi) is 5.66. The quantitative estimate of drug-likeness (QED) is 0.705. The van der Waals surface area contributed by atoms with E-state index in [0.717, 1.165) is 29.0 Å². The first-order chi connectivity index (χ1) is 11.3. The molecule has 132 valence electrons. The van der Waals surface area contributed by atoms with Crippen LogP contribution in [0.25, 0.3) is 11.0 Å². The number of hydrogen-bond donors (Lipinski definition) is 3. The minimum absolute atomic E-state index is 0.219. The predicted molar refractivity (Wildman–Crippen MR) is 93.0 cm³/mol. The smallest absolute Gasteiger partial charge is 0.407 e. The lowest BCUT2D eigenvalue weighted by Gasteiger charge is -2.19. The summed E-state index contributed by atoms with van der Waals surface area (Å²) in [4.78, 5) is 19.3. The molecule has 1 amide bonds. The first-order valence-corrected chi connectivity index (χ1v) is 8.04. The number of carbonyl (C=O) groups excluding carboxylic acids is 1. The Labute approximate surface area is 141 Å². The second-order valence-corrected chi connectivity index (χ2v) is 6.68. The van der Waals surface area contributed by atoms with Crippen LogP contribution in [0, 0.1) is 0 Å². The third kappa shape index (κ3) is 5.13. The fraction of sp³-hybridized carbons (Fsp3) is 0.529. The van der Waals surface area contributed by atoms with Crippen LogP contribution in [-0.2, 0) is 4.74 Å². The Balaban J connectivity index is 1.82. The summed E-state index contributed by atoms with van der Waals surface area (Å²) in [5, 5.41) is 2.72. The molecule has 0 aliphatic heterocycles. The number of methoxy groups -OCH3 is 1. The van der Waals surface area contributed by atoms with E-state index in [1.54, 1.807) is 7.11 Å². The van der Waals surface area contributed by atoms with Crippen LogP contribution in [0.5, 0.6) is 5.75 Å². The van der Waals surface area contributed by atoms with Crippen molar-refractivity contribution in [2.45, 2.75) is 45.3 Å². The van der Waals surface area contributed by atoms with Gasteiger partial charge in [-0.05, 0) is 45.7 Å². The van der Waals surface area contributed by atoms with Crippen molar-refractivity contribution in [3.05, 3.63) is 24.0 Å². The van der Waals surface area contributed by atoms with Gasteiger partial charge in [-0.15, -0.1) is 0 Å². The number of fused-ring (bicyclic) bond motifs is 1. The number of nitrogens with one attached hydrogen (secondary N) is 2. The molecule has 0 spiro atoms. The van der Waals surface area contributed by atoms with Gasteiger partial charge in [0.2, 0.25) is 0 Å². The van der Waals surface area contributed by atoms with Gasteiger partial charge in [0.1, 0.15) is 17.2 Å². The summed E-state index contributed by atoms with van der Waals surface area (Å²) in [5.41, 5.74) is 7.44. The monoisotopic (exact) mass is 334 g/mol. The second kappa shape index (κ2) is 7.53. The van der Waals surface area contributed by atoms with Crippen LogP contribution >= 0.6 is 0 Å². The van der Waals surface area contributed by atoms with Gasteiger partial charge in [0.15, 0.2) is 0 Å². The molecule has 1 aromatic carbocycles. The zero-order valence-electron chi connectivity index (χ0n) is 14.7. The minimum Gasteiger partial charge on any atom is -0.497 e. The van der Waals surface area contributed by atoms with Gasteiger partial charge < -0.3 is 25.5 Å². The van der Waals surface area contributed by atoms with Crippen molar-refractivity contribution in [1.29, 1.82) is 0 Å². The first kappa shape index (κ1) is 18.1. The maximum Gasteiger partial charge on any atom is 0.407 e. The highest BCUT2D eigenvalue weighted by atomic mass is 16.6. The molecule has 1 heterocycles. The highest BCUT2D eigenvalue weighted by Crippen LogP contribution is 2.21. The molecule has 2 aromatic rings. The van der Waals surface area contributed by atoms with Crippen molar-refractivity contribution in [2.24, 2.45) is 5.73 Å². The Bertz CT molecular complexity index is 691. The SMILES string of the molecule is COc1ccc2[nH]c(C(N)CCCNC(=O)OC(C)(C)C)nc2c1. The summed E-state index contributed by atoms with van der Waals surface area (Å²) in [6.07, 6.45) is 1.03. The number of H-pyrrole nitrogens is 1. The molecular formula is C17H26N4O3. The van der Waals surface area contributed by atoms with Gasteiger partial charge in [-0.2, -0.15) is 0 Å². The molecule has 0 radical (unpaired) electrons. The number of benzene rings is 1. The highest BCUT2D eigenvalue weighted by molar-refractivity contribution is 5.76. The summed E-state index contributed by atoms with van der Waals surface area (Å²) in [6.45, 7) is 6.01. The summed E-state index contributed by atoms with van der Waals surface area (Å²) in [6, 6.07) is 5.44. The summed E-state index contributed by atoms with van der Waals surface area (Å²) < 4.78 is 10.4. The summed E-state index contributed by atoms with van der Waals surface area (Å²) in [5.74, 6) is 1.49. The van der Waals surface area contributed by atoms with Crippen molar-refractivity contribution in [3.8, 4) is 5.75 Å². The molecule has 0 saturated carbocycles. The first-order valence-electron chi connectivity index (χ1n) is 8.04. The summed E-state index contributed by atoms with van der Waals surface area (Å²) in [7, 11) is 1.62. The van der Waals surface area contributed by atoms with Crippen LogP contribution in [0.15, 0.2) is 18.2 Å². The predicted octanol–water partition coefficient (Wildman–Crippen LogP) is 2.88. The van der Waals surface area contributed by atoms with E-state index in [9.17, 15) is 4.79 Å². The Hall–Kier alpha value is -2.28. The van der Waals surface area contributed by atoms with Crippen molar-refractivity contribution in [3.63, 3.8) is 0 Å². The molecule has 4 N–H and O–H groups in total. The number of nitrogens with two attached hydrogens (primary N) is 1. The minimum atomic E-state index is -0.490. The number of aromatic amines is 1. The molecule has 1 aromatic heterocycles. The van der Waals surface area contributed by atoms with E-state index in [0.29, 0.717) is 13.0 Å². The number of alkyl carbamates (subject to hydrolysis) is 1. The molecule has 24 heavy (non-hydrogen) atoms. The number of rotatable bonds is 6. The maximum atomic E-state index is 11.6. The van der Waals surface area contributed by atoms with Gasteiger partial charge in [0, 0.05) is 12.6 Å². The molecule has 7 nitrogen and oxygen atoms in total. The Morgan fingerprint density at radius 1 is 1.42 bits per heavy atom. The van der Waals surface area contributed by atoms with E-state index in [-0.39, 0.29) is 6.04 Å². The number of imidazole rings is 1. The van der Waals surface area contributed by atoms with Gasteiger partial charge in [-0.1, -0.05) is 0 Å². The van der Waals surface area contributed by atoms with Gasteiger partial charge in [0.05, 0.1) is 24.2 Å². The number of carbonyl (C=O) groups is 1. The Morgan fingerprint density at radius 2 is 2.17 bits per heavy atom. The van der Waals surface area contributed by atoms with Gasteiger partial charge in [-0.25, -0.2) is 9.78 Å². The molecule has 1 unspecified atom stereocenters. The molecule has 2 rings (SSSR count). The van der Waals surface area contributed by atoms with E-state index in [4.69, 9.17) is 15.2 Å². The van der Waals surface area contributed by atoms with Crippen LogP contribution in [-0.4, -0.2) is 35.3 Å². The molecule has 0 saturated heterocycles. The lowest BCUT2D eigenvalue weighted by molar-refractivity contribution is 0.0526. The fourth-order valence-electron chi connectivity index (χ4n) is 2.27. The van der Waals surface area contributed by atoms with Crippen LogP contribution in [0.4, 0.5) is 4.79 Å². The van der Waals surface area contributed by atoms with Crippen LogP contribution in [0.1, 0.15) is 45.5 Å². The number of ether oxygens (including phenoxy) is 2. The fourth-order valence-corrected chi connectivity index (χ4v) is 2.27. The van der Waals surface area contributed by atoms with Gasteiger partial charge in [0.25, 0.3) is 0 Å². The van der Waals surface area contributed by atoms with Crippen molar-refractivity contribution in [2.75, 3.05) is 13.7 Å². The lowest BCUT2D eigenvalue weighted by Crippen LogP contribution is -2.33. The Morgan fingerprint density at radius 3 is 2.83 bits per heavy atom. The standard InChI is InChI=1S/C17H26N4O3/c1-17(2,3)24-16(22)19-9-5-6-12(18)15-20-13-8-7-11(23-4)10-14(13)21-15/h7-8,10,12H,5-6,9,18H2,1-4H3,(H,19,22)(H,20,21). The molecule has 7 heteroatoms. The zero-order valence-corrected chi connectivity index (χ0v) is 14.7. The number of aromatic nitrogens is 2. The number of hydrogen-bond acceptors (Lipinski definition) is 5. The molecule has 0 fully saturated rings. The van der Waals surface area contributed by atoms with Crippen LogP contribution < -0.4 is 15.8 Å². The zero-order chi connectivity index (χ0) is 17.7. The molecule has 0 bridgehead atoms. The van der Waals surface area contributed by atoms with Crippen molar-refractivity contribution < 1.29 is 14.3 Å². The number of nitrogens with zero attached hydrogens (tertiary/aromatic N) is 1. The molecular weight excluding hydrogens is 308 g/mol. The maximum absolute atomic E-state index is 11.6. The van der Waals surface area contributed by atoms with E-state index >= 15 is 0 Å². The van der Waals surface area contributed by atoms with E-state index < -0.39 is 11.7 Å².